The first-order valence-electron chi connectivity index (χ1n) is 7.03. The second-order valence-electron chi connectivity index (χ2n) is 4.66. The van der Waals surface area contributed by atoms with Crippen LogP contribution in [-0.4, -0.2) is 47.8 Å². The van der Waals surface area contributed by atoms with Crippen LogP contribution in [0.1, 0.15) is 25.3 Å². The lowest BCUT2D eigenvalue weighted by molar-refractivity contribution is 0.183. The van der Waals surface area contributed by atoms with Gasteiger partial charge in [-0.2, -0.15) is 0 Å². The van der Waals surface area contributed by atoms with Crippen LogP contribution in [-0.2, 0) is 0 Å². The number of aliphatic hydroxyl groups excluding tert-OH is 1. The molecule has 5 heteroatoms. The molecule has 0 amide bonds. The predicted molar refractivity (Wildman–Crippen MR) is 86.3 cm³/mol. The zero-order valence-electron chi connectivity index (χ0n) is 12.0. The summed E-state index contributed by atoms with van der Waals surface area (Å²) in [6.45, 7) is 5.71. The fourth-order valence-electron chi connectivity index (χ4n) is 1.99. The van der Waals surface area contributed by atoms with Gasteiger partial charge in [-0.05, 0) is 43.7 Å². The van der Waals surface area contributed by atoms with Crippen LogP contribution < -0.4 is 10.5 Å². The summed E-state index contributed by atoms with van der Waals surface area (Å²) in [5, 5.41) is 8.97. The third kappa shape index (κ3) is 6.32. The van der Waals surface area contributed by atoms with E-state index in [4.69, 9.17) is 27.8 Å². The summed E-state index contributed by atoms with van der Waals surface area (Å²) in [7, 11) is 0. The summed E-state index contributed by atoms with van der Waals surface area (Å²) in [5.41, 5.74) is 6.39. The predicted octanol–water partition coefficient (Wildman–Crippen LogP) is 1.79. The molecule has 112 valence electrons. The SMILES string of the molecule is CCCN(CCO)CCCOc1ccc(C(N)=S)cc1. The Balaban J connectivity index is 2.27. The second kappa shape index (κ2) is 9.69. The lowest BCUT2D eigenvalue weighted by Crippen LogP contribution is -2.29. The Morgan fingerprint density at radius 1 is 1.25 bits per heavy atom. The molecule has 0 aliphatic rings. The van der Waals surface area contributed by atoms with Gasteiger partial charge in [0.05, 0.1) is 13.2 Å². The molecule has 0 aliphatic heterocycles. The molecule has 0 heterocycles. The molecule has 0 unspecified atom stereocenters. The van der Waals surface area contributed by atoms with E-state index in [1.165, 1.54) is 0 Å². The number of nitrogens with zero attached hydrogens (tertiary/aromatic N) is 1. The van der Waals surface area contributed by atoms with E-state index in [1.807, 2.05) is 24.3 Å². The fourth-order valence-corrected chi connectivity index (χ4v) is 2.12. The lowest BCUT2D eigenvalue weighted by atomic mass is 10.2. The van der Waals surface area contributed by atoms with Crippen molar-refractivity contribution in [2.75, 3.05) is 32.8 Å². The molecule has 4 nitrogen and oxygen atoms in total. The topological polar surface area (TPSA) is 58.7 Å². The Kier molecular flexibility index (Phi) is 8.18. The fraction of sp³-hybridized carbons (Fsp3) is 0.533. The van der Waals surface area contributed by atoms with Gasteiger partial charge >= 0.3 is 0 Å². The molecular formula is C15H24N2O2S. The molecule has 0 saturated heterocycles. The van der Waals surface area contributed by atoms with E-state index < -0.39 is 0 Å². The standard InChI is InChI=1S/C15H24N2O2S/c1-2-8-17(10-11-18)9-3-12-19-14-6-4-13(5-7-14)15(16)20/h4-7,18H,2-3,8-12H2,1H3,(H2,16,20). The summed E-state index contributed by atoms with van der Waals surface area (Å²) in [6, 6.07) is 7.50. The molecule has 0 radical (unpaired) electrons. The van der Waals surface area contributed by atoms with E-state index in [-0.39, 0.29) is 6.61 Å². The first-order chi connectivity index (χ1) is 9.67. The Hall–Kier alpha value is -1.17. The maximum atomic E-state index is 8.97. The highest BCUT2D eigenvalue weighted by atomic mass is 32.1. The molecule has 0 aliphatic carbocycles. The van der Waals surface area contributed by atoms with Gasteiger partial charge in [0.15, 0.2) is 0 Å². The second-order valence-corrected chi connectivity index (χ2v) is 5.10. The van der Waals surface area contributed by atoms with Crippen LogP contribution >= 0.6 is 12.2 Å². The average Bonchev–Trinajstić information content (AvgIpc) is 2.44. The summed E-state index contributed by atoms with van der Waals surface area (Å²) >= 11 is 4.90. The van der Waals surface area contributed by atoms with Crippen molar-refractivity contribution in [1.29, 1.82) is 0 Å². The number of benzene rings is 1. The third-order valence-corrected chi connectivity index (χ3v) is 3.22. The molecule has 0 aromatic heterocycles. The number of ether oxygens (including phenoxy) is 1. The molecule has 3 N–H and O–H groups in total. The van der Waals surface area contributed by atoms with Gasteiger partial charge in [-0.25, -0.2) is 0 Å². The maximum Gasteiger partial charge on any atom is 0.119 e. The van der Waals surface area contributed by atoms with Gasteiger partial charge < -0.3 is 20.5 Å². The number of thiocarbonyl (C=S) groups is 1. The van der Waals surface area contributed by atoms with E-state index in [0.29, 0.717) is 11.6 Å². The van der Waals surface area contributed by atoms with Crippen LogP contribution in [0.4, 0.5) is 0 Å². The largest absolute Gasteiger partial charge is 0.494 e. The molecule has 0 fully saturated rings. The molecule has 0 atom stereocenters. The molecule has 1 aromatic carbocycles. The first kappa shape index (κ1) is 16.9. The number of hydrogen-bond donors (Lipinski definition) is 2. The number of hydrogen-bond acceptors (Lipinski definition) is 4. The van der Waals surface area contributed by atoms with Gasteiger partial charge in [-0.1, -0.05) is 19.1 Å². The average molecular weight is 296 g/mol. The Morgan fingerprint density at radius 3 is 2.50 bits per heavy atom. The molecule has 1 aromatic rings. The zero-order chi connectivity index (χ0) is 14.8. The van der Waals surface area contributed by atoms with Crippen LogP contribution in [0, 0.1) is 0 Å². The summed E-state index contributed by atoms with van der Waals surface area (Å²) < 4.78 is 5.67. The monoisotopic (exact) mass is 296 g/mol. The highest BCUT2D eigenvalue weighted by molar-refractivity contribution is 7.80. The third-order valence-electron chi connectivity index (χ3n) is 2.98. The maximum absolute atomic E-state index is 8.97. The quantitative estimate of drug-likeness (QED) is 0.509. The van der Waals surface area contributed by atoms with Gasteiger partial charge in [-0.15, -0.1) is 0 Å². The molecule has 0 bridgehead atoms. The molecule has 1 rings (SSSR count). The Morgan fingerprint density at radius 2 is 1.95 bits per heavy atom. The molecule has 20 heavy (non-hydrogen) atoms. The smallest absolute Gasteiger partial charge is 0.119 e. The van der Waals surface area contributed by atoms with Gasteiger partial charge in [0.1, 0.15) is 10.7 Å². The van der Waals surface area contributed by atoms with Gasteiger partial charge in [0.25, 0.3) is 0 Å². The van der Waals surface area contributed by atoms with E-state index >= 15 is 0 Å². The van der Waals surface area contributed by atoms with Crippen LogP contribution in [0.25, 0.3) is 0 Å². The van der Waals surface area contributed by atoms with Crippen molar-refractivity contribution in [2.45, 2.75) is 19.8 Å². The molecule has 0 spiro atoms. The van der Waals surface area contributed by atoms with Crippen molar-refractivity contribution in [3.05, 3.63) is 29.8 Å². The van der Waals surface area contributed by atoms with Crippen molar-refractivity contribution in [3.8, 4) is 5.75 Å². The lowest BCUT2D eigenvalue weighted by Gasteiger charge is -2.20. The van der Waals surface area contributed by atoms with Crippen molar-refractivity contribution in [1.82, 2.24) is 4.90 Å². The Bertz CT molecular complexity index is 389. The highest BCUT2D eigenvalue weighted by Gasteiger charge is 2.03. The number of nitrogens with two attached hydrogens (primary N) is 1. The minimum absolute atomic E-state index is 0.210. The van der Waals surface area contributed by atoms with E-state index in [0.717, 1.165) is 43.8 Å². The first-order valence-corrected chi connectivity index (χ1v) is 7.44. The van der Waals surface area contributed by atoms with E-state index in [2.05, 4.69) is 11.8 Å². The van der Waals surface area contributed by atoms with Crippen molar-refractivity contribution in [3.63, 3.8) is 0 Å². The van der Waals surface area contributed by atoms with E-state index in [9.17, 15) is 0 Å². The van der Waals surface area contributed by atoms with Gasteiger partial charge in [0.2, 0.25) is 0 Å². The van der Waals surface area contributed by atoms with Gasteiger partial charge in [0, 0.05) is 18.7 Å². The Labute approximate surface area is 126 Å². The van der Waals surface area contributed by atoms with Crippen LogP contribution in [0.5, 0.6) is 5.75 Å². The van der Waals surface area contributed by atoms with Crippen LogP contribution in [0.3, 0.4) is 0 Å². The van der Waals surface area contributed by atoms with Crippen molar-refractivity contribution in [2.24, 2.45) is 5.73 Å². The van der Waals surface area contributed by atoms with Crippen molar-refractivity contribution >= 4 is 17.2 Å². The number of rotatable bonds is 10. The molecule has 0 saturated carbocycles. The summed E-state index contributed by atoms with van der Waals surface area (Å²) in [4.78, 5) is 2.65. The minimum Gasteiger partial charge on any atom is -0.494 e. The summed E-state index contributed by atoms with van der Waals surface area (Å²) in [6.07, 6.45) is 2.04. The highest BCUT2D eigenvalue weighted by Crippen LogP contribution is 2.12. The van der Waals surface area contributed by atoms with E-state index in [1.54, 1.807) is 0 Å². The van der Waals surface area contributed by atoms with Crippen molar-refractivity contribution < 1.29 is 9.84 Å². The van der Waals surface area contributed by atoms with Gasteiger partial charge in [-0.3, -0.25) is 0 Å². The van der Waals surface area contributed by atoms with Crippen LogP contribution in [0.15, 0.2) is 24.3 Å². The zero-order valence-corrected chi connectivity index (χ0v) is 12.9. The normalized spacial score (nSPS) is 10.8. The number of aliphatic hydroxyl groups is 1. The minimum atomic E-state index is 0.210. The molecular weight excluding hydrogens is 272 g/mol. The van der Waals surface area contributed by atoms with Crippen LogP contribution in [0.2, 0.25) is 0 Å². The summed E-state index contributed by atoms with van der Waals surface area (Å²) in [5.74, 6) is 0.828.